The Bertz CT molecular complexity index is 894. The molecule has 3 rings (SSSR count). The number of hydrogen-bond donors (Lipinski definition) is 3. The van der Waals surface area contributed by atoms with Crippen molar-refractivity contribution in [1.82, 2.24) is 20.4 Å². The molecular formula is C20H24ClN5OS. The maximum Gasteiger partial charge on any atom is 0.191 e. The Labute approximate surface area is 173 Å². The van der Waals surface area contributed by atoms with Gasteiger partial charge in [-0.15, -0.1) is 11.3 Å². The summed E-state index contributed by atoms with van der Waals surface area (Å²) in [6, 6.07) is 13.9. The van der Waals surface area contributed by atoms with Gasteiger partial charge in [0, 0.05) is 30.4 Å². The lowest BCUT2D eigenvalue weighted by Crippen LogP contribution is -2.39. The highest BCUT2D eigenvalue weighted by atomic mass is 35.5. The van der Waals surface area contributed by atoms with Gasteiger partial charge in [-0.3, -0.25) is 4.68 Å². The normalized spacial score (nSPS) is 12.8. The molecule has 6 nitrogen and oxygen atoms in total. The van der Waals surface area contributed by atoms with Crippen molar-refractivity contribution < 1.29 is 5.11 Å². The molecule has 0 aliphatic heterocycles. The zero-order valence-electron chi connectivity index (χ0n) is 15.7. The molecule has 28 heavy (non-hydrogen) atoms. The topological polar surface area (TPSA) is 74.5 Å². The minimum absolute atomic E-state index is 0.363. The zero-order valence-corrected chi connectivity index (χ0v) is 17.2. The maximum atomic E-state index is 10.3. The van der Waals surface area contributed by atoms with Gasteiger partial charge in [-0.2, -0.15) is 5.10 Å². The van der Waals surface area contributed by atoms with Crippen molar-refractivity contribution in [2.45, 2.75) is 26.1 Å². The fourth-order valence-electron chi connectivity index (χ4n) is 2.72. The summed E-state index contributed by atoms with van der Waals surface area (Å²) in [4.78, 5) is 5.46. The molecule has 0 fully saturated rings. The number of halogens is 1. The lowest BCUT2D eigenvalue weighted by atomic mass is 10.1. The van der Waals surface area contributed by atoms with Crippen molar-refractivity contribution in [2.75, 3.05) is 13.1 Å². The average Bonchev–Trinajstić information content (AvgIpc) is 3.36. The van der Waals surface area contributed by atoms with E-state index in [0.717, 1.165) is 23.5 Å². The number of aliphatic hydroxyl groups excluding tert-OH is 1. The van der Waals surface area contributed by atoms with Crippen molar-refractivity contribution in [1.29, 1.82) is 0 Å². The molecule has 0 spiro atoms. The lowest BCUT2D eigenvalue weighted by Gasteiger charge is -2.14. The van der Waals surface area contributed by atoms with Gasteiger partial charge in [-0.25, -0.2) is 4.99 Å². The van der Waals surface area contributed by atoms with Crippen molar-refractivity contribution in [3.05, 3.63) is 75.2 Å². The zero-order chi connectivity index (χ0) is 19.8. The van der Waals surface area contributed by atoms with Crippen molar-refractivity contribution in [2.24, 2.45) is 4.99 Å². The first kappa shape index (κ1) is 20.4. The molecule has 1 atom stereocenters. The number of nitrogens with zero attached hydrogens (tertiary/aromatic N) is 3. The number of aliphatic hydroxyl groups is 1. The third-order valence-corrected chi connectivity index (χ3v) is 5.38. The summed E-state index contributed by atoms with van der Waals surface area (Å²) in [5.74, 6) is 0.668. The van der Waals surface area contributed by atoms with E-state index in [9.17, 15) is 5.11 Å². The maximum absolute atomic E-state index is 10.3. The molecule has 8 heteroatoms. The molecule has 2 aromatic heterocycles. The molecule has 0 saturated heterocycles. The second kappa shape index (κ2) is 10.3. The van der Waals surface area contributed by atoms with Crippen LogP contribution in [0, 0.1) is 0 Å². The highest BCUT2D eigenvalue weighted by Gasteiger charge is 2.11. The van der Waals surface area contributed by atoms with Gasteiger partial charge in [0.1, 0.15) is 6.10 Å². The number of hydrogen-bond acceptors (Lipinski definition) is 4. The molecule has 3 N–H and O–H groups in total. The van der Waals surface area contributed by atoms with Crippen LogP contribution in [-0.2, 0) is 13.1 Å². The predicted octanol–water partition coefficient (Wildman–Crippen LogP) is 3.44. The Morgan fingerprint density at radius 1 is 1.25 bits per heavy atom. The number of aliphatic imine (C=N–C) groups is 1. The van der Waals surface area contributed by atoms with Crippen molar-refractivity contribution in [3.8, 4) is 0 Å². The van der Waals surface area contributed by atoms with E-state index in [-0.39, 0.29) is 0 Å². The lowest BCUT2D eigenvalue weighted by molar-refractivity contribution is 0.184. The minimum atomic E-state index is -0.626. The van der Waals surface area contributed by atoms with Gasteiger partial charge < -0.3 is 15.7 Å². The van der Waals surface area contributed by atoms with Crippen LogP contribution in [0.15, 0.2) is 59.9 Å². The summed E-state index contributed by atoms with van der Waals surface area (Å²) in [6.07, 6.45) is 3.10. The van der Waals surface area contributed by atoms with E-state index in [1.165, 1.54) is 16.9 Å². The first-order valence-electron chi connectivity index (χ1n) is 9.14. The number of thiophene rings is 1. The summed E-state index contributed by atoms with van der Waals surface area (Å²) >= 11 is 7.32. The Hall–Kier alpha value is -2.35. The van der Waals surface area contributed by atoms with Gasteiger partial charge >= 0.3 is 0 Å². The second-order valence-electron chi connectivity index (χ2n) is 6.26. The van der Waals surface area contributed by atoms with Crippen molar-refractivity contribution >= 4 is 28.9 Å². The molecule has 0 radical (unpaired) electrons. The number of nitrogens with one attached hydrogen (secondary N) is 2. The third-order valence-electron chi connectivity index (χ3n) is 4.04. The van der Waals surface area contributed by atoms with Crippen LogP contribution < -0.4 is 10.6 Å². The summed E-state index contributed by atoms with van der Waals surface area (Å²) in [5.41, 5.74) is 2.30. The highest BCUT2D eigenvalue weighted by Crippen LogP contribution is 2.26. The van der Waals surface area contributed by atoms with Crippen LogP contribution in [0.3, 0.4) is 0 Å². The quantitative estimate of drug-likeness (QED) is 0.387. The summed E-state index contributed by atoms with van der Waals surface area (Å²) in [5, 5.41) is 20.9. The molecule has 1 aromatic carbocycles. The van der Waals surface area contributed by atoms with Gasteiger partial charge in [0.05, 0.1) is 17.4 Å². The van der Waals surface area contributed by atoms with Gasteiger partial charge in [0.25, 0.3) is 0 Å². The minimum Gasteiger partial charge on any atom is -0.386 e. The van der Waals surface area contributed by atoms with Crippen LogP contribution in [0.5, 0.6) is 0 Å². The van der Waals surface area contributed by atoms with E-state index >= 15 is 0 Å². The number of benzene rings is 1. The molecule has 0 bridgehead atoms. The third kappa shape index (κ3) is 6.09. The van der Waals surface area contributed by atoms with Crippen molar-refractivity contribution in [3.63, 3.8) is 0 Å². The highest BCUT2D eigenvalue weighted by molar-refractivity contribution is 7.16. The van der Waals surface area contributed by atoms with Crippen LogP contribution in [-0.4, -0.2) is 33.9 Å². The first-order valence-corrected chi connectivity index (χ1v) is 10.3. The molecule has 0 aliphatic rings. The molecule has 148 valence electrons. The molecular weight excluding hydrogens is 394 g/mol. The Kier molecular flexibility index (Phi) is 7.47. The Morgan fingerprint density at radius 3 is 2.82 bits per heavy atom. The van der Waals surface area contributed by atoms with Gasteiger partial charge in [-0.05, 0) is 36.2 Å². The van der Waals surface area contributed by atoms with E-state index < -0.39 is 6.10 Å². The van der Waals surface area contributed by atoms with E-state index in [4.69, 9.17) is 11.6 Å². The molecule has 0 saturated carbocycles. The predicted molar refractivity (Wildman–Crippen MR) is 115 cm³/mol. The summed E-state index contributed by atoms with van der Waals surface area (Å²) in [7, 11) is 0. The van der Waals surface area contributed by atoms with Gasteiger partial charge in [0.2, 0.25) is 0 Å². The first-order chi connectivity index (χ1) is 13.6. The van der Waals surface area contributed by atoms with E-state index in [0.29, 0.717) is 23.4 Å². The monoisotopic (exact) mass is 417 g/mol. The fraction of sp³-hybridized carbons (Fsp3) is 0.300. The van der Waals surface area contributed by atoms with E-state index in [1.807, 2.05) is 36.0 Å². The van der Waals surface area contributed by atoms with Gasteiger partial charge in [0.15, 0.2) is 5.96 Å². The number of guanidine groups is 1. The SMILES string of the molecule is CCNC(=NCc1cccc(Cn2cccn2)c1)NCC(O)c1ccc(Cl)s1. The van der Waals surface area contributed by atoms with Crippen LogP contribution in [0.2, 0.25) is 4.34 Å². The fourth-order valence-corrected chi connectivity index (χ4v) is 3.77. The Balaban J connectivity index is 1.59. The Morgan fingerprint density at radius 2 is 2.11 bits per heavy atom. The molecule has 0 aliphatic carbocycles. The van der Waals surface area contributed by atoms with Gasteiger partial charge in [-0.1, -0.05) is 35.9 Å². The van der Waals surface area contributed by atoms with E-state index in [1.54, 1.807) is 12.3 Å². The standard InChI is InChI=1S/C20H24ClN5OS/c1-2-22-20(24-13-17(27)18-7-8-19(21)28-18)23-12-15-5-3-6-16(11-15)14-26-10-4-9-25-26/h3-11,17,27H,2,12-14H2,1H3,(H2,22,23,24). The summed E-state index contributed by atoms with van der Waals surface area (Å²) in [6.45, 7) is 4.40. The van der Waals surface area contributed by atoms with Crippen LogP contribution in [0.25, 0.3) is 0 Å². The average molecular weight is 418 g/mol. The summed E-state index contributed by atoms with van der Waals surface area (Å²) < 4.78 is 2.57. The smallest absolute Gasteiger partial charge is 0.191 e. The largest absolute Gasteiger partial charge is 0.386 e. The van der Waals surface area contributed by atoms with Crippen LogP contribution >= 0.6 is 22.9 Å². The molecule has 0 amide bonds. The number of aromatic nitrogens is 2. The second-order valence-corrected chi connectivity index (χ2v) is 8.00. The molecule has 2 heterocycles. The molecule has 3 aromatic rings. The number of rotatable bonds is 8. The van der Waals surface area contributed by atoms with E-state index in [2.05, 4.69) is 38.9 Å². The molecule has 1 unspecified atom stereocenters. The van der Waals surface area contributed by atoms with Crippen LogP contribution in [0.4, 0.5) is 0 Å². The van der Waals surface area contributed by atoms with Crippen LogP contribution in [0.1, 0.15) is 29.0 Å².